The summed E-state index contributed by atoms with van der Waals surface area (Å²) in [6.45, 7) is 1.23. The number of nitrogens with zero attached hydrogens (tertiary/aromatic N) is 1. The number of pyridine rings is 1. The highest BCUT2D eigenvalue weighted by Crippen LogP contribution is 2.57. The number of amides is 1. The molecule has 0 atom stereocenters. The van der Waals surface area contributed by atoms with E-state index in [2.05, 4.69) is 26.4 Å². The van der Waals surface area contributed by atoms with Crippen LogP contribution in [0.4, 0.5) is 11.5 Å². The fourth-order valence-electron chi connectivity index (χ4n) is 5.67. The highest BCUT2D eigenvalue weighted by Gasteiger charge is 2.53. The number of carbonyl (C=O) groups excluding carboxylic acids is 2. The van der Waals surface area contributed by atoms with Crippen LogP contribution in [0.1, 0.15) is 63.1 Å². The van der Waals surface area contributed by atoms with E-state index in [0.717, 1.165) is 25.7 Å². The lowest BCUT2D eigenvalue weighted by atomic mass is 9.77. The van der Waals surface area contributed by atoms with Crippen LogP contribution in [0.15, 0.2) is 72.9 Å². The average Bonchev–Trinajstić information content (AvgIpc) is 3.33. The summed E-state index contributed by atoms with van der Waals surface area (Å²) in [5.41, 5.74) is 4.26. The summed E-state index contributed by atoms with van der Waals surface area (Å²) in [5, 5.41) is 30.0. The van der Waals surface area contributed by atoms with Gasteiger partial charge in [0.2, 0.25) is 0 Å². The molecule has 3 aromatic carbocycles. The van der Waals surface area contributed by atoms with Crippen LogP contribution in [0, 0.1) is 0 Å². The van der Waals surface area contributed by atoms with Gasteiger partial charge in [0.25, 0.3) is 5.91 Å². The summed E-state index contributed by atoms with van der Waals surface area (Å²) in [7, 11) is 0. The standard InChI is InChI=1S/C33H32N6O6S.ClH/c34-39-29-12-5-19(18-37-29)30(42)35-13-3-1-2-4-14-36-32(46)38-20-6-9-23-26(15-20)33(45-31(23)43)24-10-7-21(40)16-27(24)44-28-17-22(41)8-11-25(28)33;/h5-12,15-18,40-41H,1-4,13-14,34H2,(H,35,42)(H,37,39)(H2,36,38,46);1H. The molecule has 0 aliphatic carbocycles. The number of anilines is 2. The second-order valence-corrected chi connectivity index (χ2v) is 11.3. The number of aromatic hydroxyl groups is 2. The number of nitrogen functional groups attached to an aromatic ring is 1. The van der Waals surface area contributed by atoms with Crippen molar-refractivity contribution in [2.75, 3.05) is 23.8 Å². The smallest absolute Gasteiger partial charge is 0.340 e. The van der Waals surface area contributed by atoms with Gasteiger partial charge in [0.05, 0.1) is 11.1 Å². The van der Waals surface area contributed by atoms with E-state index < -0.39 is 11.6 Å². The number of benzene rings is 3. The number of carbonyl (C=O) groups is 2. The summed E-state index contributed by atoms with van der Waals surface area (Å²) in [6.07, 6.45) is 5.11. The van der Waals surface area contributed by atoms with Gasteiger partial charge in [-0.1, -0.05) is 12.8 Å². The molecule has 6 rings (SSSR count). The first-order chi connectivity index (χ1) is 22.3. The van der Waals surface area contributed by atoms with Gasteiger partial charge in [-0.2, -0.15) is 0 Å². The molecule has 0 saturated heterocycles. The Morgan fingerprint density at radius 1 is 0.851 bits per heavy atom. The summed E-state index contributed by atoms with van der Waals surface area (Å²) >= 11 is 5.54. The first-order valence-electron chi connectivity index (χ1n) is 14.8. The number of phenolic OH excluding ortho intramolecular Hbond substituents is 2. The number of hydrogen-bond acceptors (Lipinski definition) is 10. The molecule has 1 amide bonds. The van der Waals surface area contributed by atoms with Crippen molar-refractivity contribution in [3.05, 3.63) is 101 Å². The maximum Gasteiger partial charge on any atom is 0.340 e. The number of phenols is 2. The molecular formula is C33H33ClN6O6S. The van der Waals surface area contributed by atoms with Crippen molar-refractivity contribution in [1.82, 2.24) is 15.6 Å². The third-order valence-electron chi connectivity index (χ3n) is 7.88. The third kappa shape index (κ3) is 6.73. The minimum absolute atomic E-state index is 0. The van der Waals surface area contributed by atoms with Crippen LogP contribution in [0.5, 0.6) is 23.0 Å². The first kappa shape index (κ1) is 33.3. The molecule has 3 heterocycles. The lowest BCUT2D eigenvalue weighted by Crippen LogP contribution is -2.33. The van der Waals surface area contributed by atoms with Crippen molar-refractivity contribution < 1.29 is 29.3 Å². The number of esters is 1. The van der Waals surface area contributed by atoms with E-state index in [0.29, 0.717) is 69.0 Å². The number of ether oxygens (including phenoxy) is 2. The molecule has 14 heteroatoms. The molecule has 47 heavy (non-hydrogen) atoms. The molecule has 1 spiro atoms. The van der Waals surface area contributed by atoms with Crippen LogP contribution in [0.2, 0.25) is 0 Å². The van der Waals surface area contributed by atoms with E-state index in [4.69, 9.17) is 27.5 Å². The summed E-state index contributed by atoms with van der Waals surface area (Å²) in [6, 6.07) is 17.8. The van der Waals surface area contributed by atoms with Gasteiger partial charge in [-0.3, -0.25) is 4.79 Å². The van der Waals surface area contributed by atoms with Gasteiger partial charge < -0.3 is 41.1 Å². The SMILES string of the molecule is Cl.NNc1ccc(C(=O)NCCCCCCNC(=S)Nc2ccc3c(c2)C2(OC3=O)c3ccc(O)cc3Oc3cc(O)ccc32)cn1. The molecule has 244 valence electrons. The Kier molecular flexibility index (Phi) is 9.99. The van der Waals surface area contributed by atoms with Crippen LogP contribution < -0.4 is 32.0 Å². The number of hydrazine groups is 1. The maximum absolute atomic E-state index is 13.2. The van der Waals surface area contributed by atoms with Crippen molar-refractivity contribution in [1.29, 1.82) is 0 Å². The highest BCUT2D eigenvalue weighted by atomic mass is 35.5. The number of unbranched alkanes of at least 4 members (excludes halogenated alkanes) is 3. The normalized spacial score (nSPS) is 13.2. The van der Waals surface area contributed by atoms with Gasteiger partial charge in [-0.15, -0.1) is 12.4 Å². The second-order valence-electron chi connectivity index (χ2n) is 10.9. The molecule has 0 radical (unpaired) electrons. The summed E-state index contributed by atoms with van der Waals surface area (Å²) in [5.74, 6) is 5.70. The van der Waals surface area contributed by atoms with E-state index >= 15 is 0 Å². The van der Waals surface area contributed by atoms with Crippen molar-refractivity contribution in [3.63, 3.8) is 0 Å². The van der Waals surface area contributed by atoms with Crippen LogP contribution in [-0.4, -0.2) is 45.3 Å². The number of thiocarbonyl (C=S) groups is 1. The fourth-order valence-corrected chi connectivity index (χ4v) is 5.89. The Bertz CT molecular complexity index is 1770. The zero-order valence-electron chi connectivity index (χ0n) is 25.0. The van der Waals surface area contributed by atoms with Gasteiger partial charge in [0, 0.05) is 53.8 Å². The minimum atomic E-state index is -1.35. The number of hydrogen-bond donors (Lipinski definition) is 7. The number of fused-ring (bicyclic) bond motifs is 6. The van der Waals surface area contributed by atoms with E-state index in [1.165, 1.54) is 30.5 Å². The van der Waals surface area contributed by atoms with E-state index in [9.17, 15) is 19.8 Å². The van der Waals surface area contributed by atoms with E-state index in [-0.39, 0.29) is 29.8 Å². The monoisotopic (exact) mass is 676 g/mol. The fraction of sp³-hybridized carbons (Fsp3) is 0.212. The van der Waals surface area contributed by atoms with Crippen molar-refractivity contribution in [2.24, 2.45) is 5.84 Å². The molecule has 0 fully saturated rings. The lowest BCUT2D eigenvalue weighted by molar-refractivity contribution is 0.0224. The molecule has 0 saturated carbocycles. The van der Waals surface area contributed by atoms with Gasteiger partial charge >= 0.3 is 5.97 Å². The summed E-state index contributed by atoms with van der Waals surface area (Å²) in [4.78, 5) is 29.4. The molecule has 2 aliphatic heterocycles. The average molecular weight is 677 g/mol. The van der Waals surface area contributed by atoms with Gasteiger partial charge in [0.1, 0.15) is 28.8 Å². The van der Waals surface area contributed by atoms with Crippen LogP contribution in [0.25, 0.3) is 0 Å². The largest absolute Gasteiger partial charge is 0.508 e. The van der Waals surface area contributed by atoms with Crippen molar-refractivity contribution in [3.8, 4) is 23.0 Å². The zero-order chi connectivity index (χ0) is 32.3. The van der Waals surface area contributed by atoms with Gasteiger partial charge in [0.15, 0.2) is 10.7 Å². The maximum atomic E-state index is 13.2. The Hall–Kier alpha value is -5.11. The molecule has 0 bridgehead atoms. The Balaban J connectivity index is 0.00000433. The van der Waals surface area contributed by atoms with Crippen molar-refractivity contribution >= 4 is 53.1 Å². The second kappa shape index (κ2) is 14.1. The van der Waals surface area contributed by atoms with Gasteiger partial charge in [-0.25, -0.2) is 15.6 Å². The number of halogens is 1. The predicted octanol–water partition coefficient (Wildman–Crippen LogP) is 5.05. The molecule has 1 aromatic heterocycles. The number of nitrogens with two attached hydrogens (primary N) is 1. The predicted molar refractivity (Wildman–Crippen MR) is 182 cm³/mol. The van der Waals surface area contributed by atoms with Crippen LogP contribution in [-0.2, 0) is 10.3 Å². The molecule has 8 N–H and O–H groups in total. The molecule has 0 unspecified atom stereocenters. The minimum Gasteiger partial charge on any atom is -0.508 e. The van der Waals surface area contributed by atoms with Crippen molar-refractivity contribution in [2.45, 2.75) is 31.3 Å². The van der Waals surface area contributed by atoms with E-state index in [1.54, 1.807) is 36.4 Å². The first-order valence-corrected chi connectivity index (χ1v) is 15.2. The topological polar surface area (TPSA) is 180 Å². The number of nitrogens with one attached hydrogen (secondary N) is 4. The third-order valence-corrected chi connectivity index (χ3v) is 8.13. The Labute approximate surface area is 282 Å². The summed E-state index contributed by atoms with van der Waals surface area (Å²) < 4.78 is 12.1. The van der Waals surface area contributed by atoms with Crippen LogP contribution in [0.3, 0.4) is 0 Å². The quantitative estimate of drug-likeness (QED) is 0.0391. The number of aromatic nitrogens is 1. The molecule has 4 aromatic rings. The molecule has 2 aliphatic rings. The Morgan fingerprint density at radius 3 is 2.13 bits per heavy atom. The van der Waals surface area contributed by atoms with Crippen LogP contribution >= 0.6 is 24.6 Å². The van der Waals surface area contributed by atoms with E-state index in [1.807, 2.05) is 6.07 Å². The molecular weight excluding hydrogens is 644 g/mol. The Morgan fingerprint density at radius 2 is 1.51 bits per heavy atom. The highest BCUT2D eigenvalue weighted by molar-refractivity contribution is 7.80. The number of rotatable bonds is 10. The lowest BCUT2D eigenvalue weighted by Gasteiger charge is -2.36. The zero-order valence-corrected chi connectivity index (χ0v) is 26.7. The molecule has 12 nitrogen and oxygen atoms in total. The van der Waals surface area contributed by atoms with Gasteiger partial charge in [-0.05, 0) is 79.7 Å².